The highest BCUT2D eigenvalue weighted by molar-refractivity contribution is 6.31. The monoisotopic (exact) mass is 304 g/mol. The Bertz CT molecular complexity index is 627. The number of halogens is 1. The van der Waals surface area contributed by atoms with Gasteiger partial charge in [0.15, 0.2) is 6.61 Å². The van der Waals surface area contributed by atoms with E-state index in [1.807, 2.05) is 44.3 Å². The molecule has 21 heavy (non-hydrogen) atoms. The summed E-state index contributed by atoms with van der Waals surface area (Å²) in [5.74, 6) is 0.415. The molecule has 1 amide bonds. The van der Waals surface area contributed by atoms with Gasteiger partial charge in [0.25, 0.3) is 5.91 Å². The molecule has 0 atom stereocenters. The molecule has 0 unspecified atom stereocenters. The third kappa shape index (κ3) is 4.39. The van der Waals surface area contributed by atoms with Crippen LogP contribution in [0.25, 0.3) is 0 Å². The van der Waals surface area contributed by atoms with Crippen molar-refractivity contribution in [2.75, 3.05) is 24.3 Å². The van der Waals surface area contributed by atoms with E-state index in [1.54, 1.807) is 12.1 Å². The topological polar surface area (TPSA) is 50.4 Å². The fraction of sp³-hybridized carbons (Fsp3) is 0.188. The Morgan fingerprint density at radius 2 is 1.81 bits per heavy atom. The maximum Gasteiger partial charge on any atom is 0.262 e. The summed E-state index contributed by atoms with van der Waals surface area (Å²) in [6.45, 7) is 1.86. The Kier molecular flexibility index (Phi) is 5.06. The van der Waals surface area contributed by atoms with Crippen molar-refractivity contribution in [3.63, 3.8) is 0 Å². The summed E-state index contributed by atoms with van der Waals surface area (Å²) >= 11 is 6.01. The number of nitrogens with one attached hydrogen (secondary N) is 2. The van der Waals surface area contributed by atoms with E-state index in [9.17, 15) is 4.79 Å². The predicted molar refractivity (Wildman–Crippen MR) is 86.3 cm³/mol. The highest BCUT2D eigenvalue weighted by atomic mass is 35.5. The first kappa shape index (κ1) is 15.2. The Labute approximate surface area is 129 Å². The van der Waals surface area contributed by atoms with Crippen LogP contribution < -0.4 is 15.4 Å². The number of carbonyl (C=O) groups excluding carboxylic acids is 1. The molecule has 110 valence electrons. The molecule has 2 aromatic rings. The van der Waals surface area contributed by atoms with Crippen molar-refractivity contribution < 1.29 is 9.53 Å². The molecule has 0 aromatic heterocycles. The third-order valence-corrected chi connectivity index (χ3v) is 3.38. The Balaban J connectivity index is 1.87. The van der Waals surface area contributed by atoms with Gasteiger partial charge < -0.3 is 15.4 Å². The van der Waals surface area contributed by atoms with Gasteiger partial charge >= 0.3 is 0 Å². The van der Waals surface area contributed by atoms with Crippen molar-refractivity contribution >= 4 is 28.9 Å². The van der Waals surface area contributed by atoms with Crippen LogP contribution in [0.15, 0.2) is 42.5 Å². The van der Waals surface area contributed by atoms with Gasteiger partial charge in [-0.05, 0) is 48.9 Å². The quantitative estimate of drug-likeness (QED) is 0.885. The number of hydrogen-bond acceptors (Lipinski definition) is 3. The van der Waals surface area contributed by atoms with Gasteiger partial charge in [-0.15, -0.1) is 0 Å². The smallest absolute Gasteiger partial charge is 0.262 e. The first-order valence-corrected chi connectivity index (χ1v) is 6.93. The molecule has 0 aliphatic heterocycles. The van der Waals surface area contributed by atoms with Crippen LogP contribution in [0.2, 0.25) is 5.02 Å². The highest BCUT2D eigenvalue weighted by Crippen LogP contribution is 2.20. The largest absolute Gasteiger partial charge is 0.484 e. The number of amides is 1. The number of rotatable bonds is 5. The molecule has 4 nitrogen and oxygen atoms in total. The molecule has 0 fully saturated rings. The Hall–Kier alpha value is -2.20. The van der Waals surface area contributed by atoms with Crippen LogP contribution in [0, 0.1) is 6.92 Å². The van der Waals surface area contributed by atoms with E-state index in [0.717, 1.165) is 11.3 Å². The molecular formula is C16H17ClN2O2. The minimum atomic E-state index is -0.229. The molecule has 5 heteroatoms. The van der Waals surface area contributed by atoms with E-state index in [4.69, 9.17) is 16.3 Å². The van der Waals surface area contributed by atoms with E-state index < -0.39 is 0 Å². The second kappa shape index (κ2) is 6.99. The average molecular weight is 305 g/mol. The van der Waals surface area contributed by atoms with Gasteiger partial charge in [0.05, 0.1) is 0 Å². The zero-order valence-corrected chi connectivity index (χ0v) is 12.7. The van der Waals surface area contributed by atoms with E-state index in [0.29, 0.717) is 16.5 Å². The average Bonchev–Trinajstić information content (AvgIpc) is 2.49. The van der Waals surface area contributed by atoms with Crippen molar-refractivity contribution in [1.82, 2.24) is 0 Å². The summed E-state index contributed by atoms with van der Waals surface area (Å²) in [4.78, 5) is 11.8. The molecule has 0 bridgehead atoms. The molecule has 2 aromatic carbocycles. The molecule has 0 aliphatic rings. The number of hydrogen-bond donors (Lipinski definition) is 2. The molecular weight excluding hydrogens is 288 g/mol. The van der Waals surface area contributed by atoms with E-state index >= 15 is 0 Å². The second-order valence-electron chi connectivity index (χ2n) is 4.58. The number of aryl methyl sites for hydroxylation is 1. The standard InChI is InChI=1S/C16H17ClN2O2/c1-11-3-4-13(9-15(11)17)19-16(20)10-21-14-7-5-12(18-2)6-8-14/h3-9,18H,10H2,1-2H3,(H,19,20). The van der Waals surface area contributed by atoms with Crippen LogP contribution in [0.3, 0.4) is 0 Å². The summed E-state index contributed by atoms with van der Waals surface area (Å²) in [5, 5.41) is 6.38. The van der Waals surface area contributed by atoms with Crippen molar-refractivity contribution in [3.8, 4) is 5.75 Å². The van der Waals surface area contributed by atoms with Crippen LogP contribution in [-0.2, 0) is 4.79 Å². The van der Waals surface area contributed by atoms with Crippen LogP contribution in [-0.4, -0.2) is 19.6 Å². The predicted octanol–water partition coefficient (Wildman–Crippen LogP) is 3.71. The summed E-state index contributed by atoms with van der Waals surface area (Å²) in [7, 11) is 1.84. The van der Waals surface area contributed by atoms with E-state index in [2.05, 4.69) is 10.6 Å². The van der Waals surface area contributed by atoms with Crippen molar-refractivity contribution in [3.05, 3.63) is 53.1 Å². The van der Waals surface area contributed by atoms with Crippen LogP contribution >= 0.6 is 11.6 Å². The lowest BCUT2D eigenvalue weighted by Gasteiger charge is -2.09. The summed E-state index contributed by atoms with van der Waals surface area (Å²) in [6, 6.07) is 12.8. The van der Waals surface area contributed by atoms with Gasteiger partial charge in [-0.25, -0.2) is 0 Å². The zero-order chi connectivity index (χ0) is 15.2. The minimum absolute atomic E-state index is 0.0512. The maximum atomic E-state index is 11.8. The van der Waals surface area contributed by atoms with Crippen molar-refractivity contribution in [2.45, 2.75) is 6.92 Å². The molecule has 0 spiro atoms. The zero-order valence-electron chi connectivity index (χ0n) is 11.9. The van der Waals surface area contributed by atoms with Crippen LogP contribution in [0.4, 0.5) is 11.4 Å². The summed E-state index contributed by atoms with van der Waals surface area (Å²) in [5.41, 5.74) is 2.61. The van der Waals surface area contributed by atoms with Crippen molar-refractivity contribution in [2.24, 2.45) is 0 Å². The van der Waals surface area contributed by atoms with Crippen LogP contribution in [0.1, 0.15) is 5.56 Å². The lowest BCUT2D eigenvalue weighted by molar-refractivity contribution is -0.118. The lowest BCUT2D eigenvalue weighted by Crippen LogP contribution is -2.20. The van der Waals surface area contributed by atoms with Gasteiger partial charge in [0, 0.05) is 23.4 Å². The van der Waals surface area contributed by atoms with Gasteiger partial charge in [0.1, 0.15) is 5.75 Å². The molecule has 0 heterocycles. The number of benzene rings is 2. The Morgan fingerprint density at radius 1 is 1.14 bits per heavy atom. The van der Waals surface area contributed by atoms with Crippen molar-refractivity contribution in [1.29, 1.82) is 0 Å². The minimum Gasteiger partial charge on any atom is -0.484 e. The number of ether oxygens (including phenoxy) is 1. The normalized spacial score (nSPS) is 10.0. The van der Waals surface area contributed by atoms with Gasteiger partial charge in [-0.1, -0.05) is 17.7 Å². The molecule has 0 saturated heterocycles. The fourth-order valence-corrected chi connectivity index (χ4v) is 1.91. The second-order valence-corrected chi connectivity index (χ2v) is 4.98. The van der Waals surface area contributed by atoms with E-state index in [-0.39, 0.29) is 12.5 Å². The number of carbonyl (C=O) groups is 1. The molecule has 2 N–H and O–H groups in total. The maximum absolute atomic E-state index is 11.8. The van der Waals surface area contributed by atoms with Crippen LogP contribution in [0.5, 0.6) is 5.75 Å². The SMILES string of the molecule is CNc1ccc(OCC(=O)Nc2ccc(C)c(Cl)c2)cc1. The molecule has 2 rings (SSSR count). The highest BCUT2D eigenvalue weighted by Gasteiger charge is 2.05. The molecule has 0 radical (unpaired) electrons. The van der Waals surface area contributed by atoms with E-state index in [1.165, 1.54) is 0 Å². The molecule has 0 saturated carbocycles. The first-order valence-electron chi connectivity index (χ1n) is 6.55. The lowest BCUT2D eigenvalue weighted by atomic mass is 10.2. The first-order chi connectivity index (χ1) is 10.1. The van der Waals surface area contributed by atoms with Gasteiger partial charge in [-0.2, -0.15) is 0 Å². The third-order valence-electron chi connectivity index (χ3n) is 2.97. The molecule has 0 aliphatic carbocycles. The summed E-state index contributed by atoms with van der Waals surface area (Å²) < 4.78 is 5.42. The summed E-state index contributed by atoms with van der Waals surface area (Å²) in [6.07, 6.45) is 0. The Morgan fingerprint density at radius 3 is 2.43 bits per heavy atom. The fourth-order valence-electron chi connectivity index (χ4n) is 1.73. The van der Waals surface area contributed by atoms with Gasteiger partial charge in [-0.3, -0.25) is 4.79 Å². The number of anilines is 2. The van der Waals surface area contributed by atoms with Gasteiger partial charge in [0.2, 0.25) is 0 Å².